The zero-order chi connectivity index (χ0) is 14.4. The molecular weight excluding hydrogens is 246 g/mol. The standard InChI is InChI=1S/C17H23N3/c1-14(11-18)16-8-6-15(7-9-16)12-20(2)13-17-5-3-4-10-19-17/h3-10,14H,11-13,18H2,1-2H3. The van der Waals surface area contributed by atoms with Gasteiger partial charge in [0.1, 0.15) is 0 Å². The van der Waals surface area contributed by atoms with Crippen LogP contribution >= 0.6 is 0 Å². The van der Waals surface area contributed by atoms with Gasteiger partial charge in [0, 0.05) is 19.3 Å². The highest BCUT2D eigenvalue weighted by molar-refractivity contribution is 5.25. The Balaban J connectivity index is 1.93. The predicted molar refractivity (Wildman–Crippen MR) is 83.3 cm³/mol. The summed E-state index contributed by atoms with van der Waals surface area (Å²) in [7, 11) is 2.12. The number of nitrogens with two attached hydrogens (primary N) is 1. The minimum Gasteiger partial charge on any atom is -0.330 e. The Hall–Kier alpha value is -1.71. The first kappa shape index (κ1) is 14.7. The number of hydrogen-bond donors (Lipinski definition) is 1. The van der Waals surface area contributed by atoms with Gasteiger partial charge in [-0.15, -0.1) is 0 Å². The van der Waals surface area contributed by atoms with Crippen molar-refractivity contribution in [1.29, 1.82) is 0 Å². The Bertz CT molecular complexity index is 508. The van der Waals surface area contributed by atoms with Crippen molar-refractivity contribution in [2.45, 2.75) is 25.9 Å². The van der Waals surface area contributed by atoms with Crippen LogP contribution in [0.1, 0.15) is 29.7 Å². The van der Waals surface area contributed by atoms with Crippen LogP contribution in [0.5, 0.6) is 0 Å². The van der Waals surface area contributed by atoms with Gasteiger partial charge in [-0.1, -0.05) is 37.3 Å². The molecule has 3 nitrogen and oxygen atoms in total. The maximum absolute atomic E-state index is 5.69. The normalized spacial score (nSPS) is 12.6. The van der Waals surface area contributed by atoms with Crippen molar-refractivity contribution in [3.63, 3.8) is 0 Å². The molecule has 1 aromatic heterocycles. The van der Waals surface area contributed by atoms with Crippen molar-refractivity contribution >= 4 is 0 Å². The monoisotopic (exact) mass is 269 g/mol. The van der Waals surface area contributed by atoms with Gasteiger partial charge in [-0.05, 0) is 42.8 Å². The second-order valence-electron chi connectivity index (χ2n) is 5.37. The number of benzene rings is 1. The quantitative estimate of drug-likeness (QED) is 0.877. The summed E-state index contributed by atoms with van der Waals surface area (Å²) in [4.78, 5) is 6.62. The van der Waals surface area contributed by atoms with Gasteiger partial charge in [-0.25, -0.2) is 0 Å². The minimum absolute atomic E-state index is 0.426. The van der Waals surface area contributed by atoms with Gasteiger partial charge in [-0.2, -0.15) is 0 Å². The van der Waals surface area contributed by atoms with E-state index < -0.39 is 0 Å². The summed E-state index contributed by atoms with van der Waals surface area (Å²) in [6, 6.07) is 14.8. The fraction of sp³-hybridized carbons (Fsp3) is 0.353. The number of rotatable bonds is 6. The lowest BCUT2D eigenvalue weighted by Gasteiger charge is -2.17. The molecule has 2 aromatic rings. The topological polar surface area (TPSA) is 42.1 Å². The molecule has 2 rings (SSSR count). The van der Waals surface area contributed by atoms with E-state index in [-0.39, 0.29) is 0 Å². The third-order valence-corrected chi connectivity index (χ3v) is 3.51. The Morgan fingerprint density at radius 2 is 1.85 bits per heavy atom. The molecule has 0 aliphatic heterocycles. The molecule has 0 radical (unpaired) electrons. The van der Waals surface area contributed by atoms with Gasteiger partial charge >= 0.3 is 0 Å². The molecule has 1 aromatic carbocycles. The van der Waals surface area contributed by atoms with Crippen LogP contribution in [0.4, 0.5) is 0 Å². The Morgan fingerprint density at radius 3 is 2.45 bits per heavy atom. The summed E-state index contributed by atoms with van der Waals surface area (Å²) in [6.45, 7) is 4.64. The summed E-state index contributed by atoms with van der Waals surface area (Å²) in [6.07, 6.45) is 1.84. The van der Waals surface area contributed by atoms with Crippen molar-refractivity contribution < 1.29 is 0 Å². The molecule has 2 N–H and O–H groups in total. The van der Waals surface area contributed by atoms with Gasteiger partial charge < -0.3 is 5.73 Å². The lowest BCUT2D eigenvalue weighted by atomic mass is 10.00. The average molecular weight is 269 g/mol. The summed E-state index contributed by atoms with van der Waals surface area (Å²) < 4.78 is 0. The molecule has 0 aliphatic rings. The van der Waals surface area contributed by atoms with E-state index in [2.05, 4.69) is 54.2 Å². The molecule has 0 aliphatic carbocycles. The lowest BCUT2D eigenvalue weighted by molar-refractivity contribution is 0.315. The molecule has 0 saturated heterocycles. The second kappa shape index (κ2) is 7.17. The smallest absolute Gasteiger partial charge is 0.0543 e. The van der Waals surface area contributed by atoms with Crippen molar-refractivity contribution in [3.8, 4) is 0 Å². The van der Waals surface area contributed by atoms with Gasteiger partial charge in [0.25, 0.3) is 0 Å². The summed E-state index contributed by atoms with van der Waals surface area (Å²) in [5, 5.41) is 0. The van der Waals surface area contributed by atoms with Gasteiger partial charge in [0.2, 0.25) is 0 Å². The highest BCUT2D eigenvalue weighted by atomic mass is 15.1. The summed E-state index contributed by atoms with van der Waals surface area (Å²) >= 11 is 0. The lowest BCUT2D eigenvalue weighted by Crippen LogP contribution is -2.18. The Labute approximate surface area is 121 Å². The molecular formula is C17H23N3. The number of aromatic nitrogens is 1. The number of nitrogens with zero attached hydrogens (tertiary/aromatic N) is 2. The molecule has 0 bridgehead atoms. The van der Waals surface area contributed by atoms with Crippen molar-refractivity contribution in [1.82, 2.24) is 9.88 Å². The van der Waals surface area contributed by atoms with Crippen LogP contribution in [-0.2, 0) is 13.1 Å². The highest BCUT2D eigenvalue weighted by Gasteiger charge is 2.05. The molecule has 0 spiro atoms. The van der Waals surface area contributed by atoms with Crippen LogP contribution in [0.3, 0.4) is 0 Å². The molecule has 20 heavy (non-hydrogen) atoms. The Kier molecular flexibility index (Phi) is 5.27. The number of hydrogen-bond acceptors (Lipinski definition) is 3. The zero-order valence-corrected chi connectivity index (χ0v) is 12.3. The van der Waals surface area contributed by atoms with Crippen LogP contribution in [0, 0.1) is 0 Å². The predicted octanol–water partition coefficient (Wildman–Crippen LogP) is 2.78. The van der Waals surface area contributed by atoms with Crippen molar-refractivity contribution in [2.24, 2.45) is 5.73 Å². The second-order valence-corrected chi connectivity index (χ2v) is 5.37. The number of pyridine rings is 1. The Morgan fingerprint density at radius 1 is 1.10 bits per heavy atom. The fourth-order valence-corrected chi connectivity index (χ4v) is 2.22. The summed E-state index contributed by atoms with van der Waals surface area (Å²) in [5.74, 6) is 0.426. The largest absolute Gasteiger partial charge is 0.330 e. The third kappa shape index (κ3) is 4.15. The zero-order valence-electron chi connectivity index (χ0n) is 12.3. The maximum Gasteiger partial charge on any atom is 0.0543 e. The fourth-order valence-electron chi connectivity index (χ4n) is 2.22. The highest BCUT2D eigenvalue weighted by Crippen LogP contribution is 2.15. The van der Waals surface area contributed by atoms with E-state index in [0.717, 1.165) is 18.8 Å². The van der Waals surface area contributed by atoms with Crippen molar-refractivity contribution in [3.05, 3.63) is 65.5 Å². The molecule has 0 saturated carbocycles. The first-order valence-electron chi connectivity index (χ1n) is 7.06. The molecule has 106 valence electrons. The average Bonchev–Trinajstić information content (AvgIpc) is 2.48. The van der Waals surface area contributed by atoms with E-state index in [1.807, 2.05) is 18.3 Å². The van der Waals surface area contributed by atoms with E-state index in [4.69, 9.17) is 5.73 Å². The van der Waals surface area contributed by atoms with Crippen LogP contribution in [0.15, 0.2) is 48.7 Å². The molecule has 0 amide bonds. The molecule has 1 atom stereocenters. The minimum atomic E-state index is 0.426. The van der Waals surface area contributed by atoms with Crippen molar-refractivity contribution in [2.75, 3.05) is 13.6 Å². The molecule has 1 heterocycles. The molecule has 0 fully saturated rings. The molecule has 1 unspecified atom stereocenters. The van der Waals surface area contributed by atoms with E-state index in [1.54, 1.807) is 0 Å². The first-order valence-corrected chi connectivity index (χ1v) is 7.06. The van der Waals surface area contributed by atoms with E-state index >= 15 is 0 Å². The van der Waals surface area contributed by atoms with Crippen LogP contribution < -0.4 is 5.73 Å². The van der Waals surface area contributed by atoms with Crippen LogP contribution in [0.25, 0.3) is 0 Å². The van der Waals surface area contributed by atoms with Gasteiger partial charge in [0.05, 0.1) is 5.69 Å². The third-order valence-electron chi connectivity index (χ3n) is 3.51. The van der Waals surface area contributed by atoms with E-state index in [0.29, 0.717) is 12.5 Å². The van der Waals surface area contributed by atoms with Crippen LogP contribution in [0.2, 0.25) is 0 Å². The van der Waals surface area contributed by atoms with Crippen LogP contribution in [-0.4, -0.2) is 23.5 Å². The SMILES string of the molecule is CC(CN)c1ccc(CN(C)Cc2ccccn2)cc1. The van der Waals surface area contributed by atoms with E-state index in [9.17, 15) is 0 Å². The first-order chi connectivity index (χ1) is 9.69. The van der Waals surface area contributed by atoms with Gasteiger partial charge in [0.15, 0.2) is 0 Å². The molecule has 3 heteroatoms. The van der Waals surface area contributed by atoms with E-state index in [1.165, 1.54) is 11.1 Å². The maximum atomic E-state index is 5.69. The summed E-state index contributed by atoms with van der Waals surface area (Å²) in [5.41, 5.74) is 9.42. The van der Waals surface area contributed by atoms with Gasteiger partial charge in [-0.3, -0.25) is 9.88 Å².